The molecule has 8 heteroatoms. The quantitative estimate of drug-likeness (QED) is 0.734. The molecular weight excluding hydrogens is 244 g/mol. The maximum absolute atomic E-state index is 4.39. The second-order valence-electron chi connectivity index (χ2n) is 3.88. The van der Waals surface area contributed by atoms with Crippen molar-refractivity contribution in [3.63, 3.8) is 0 Å². The number of aryl methyl sites for hydroxylation is 1. The maximum Gasteiger partial charge on any atom is 0.240 e. The third-order valence-corrected chi connectivity index (χ3v) is 2.53. The van der Waals surface area contributed by atoms with Gasteiger partial charge in [0.15, 0.2) is 5.82 Å². The summed E-state index contributed by atoms with van der Waals surface area (Å²) in [7, 11) is 3.61. The van der Waals surface area contributed by atoms with Crippen LogP contribution in [0.1, 0.15) is 0 Å². The molecule has 0 aromatic carbocycles. The zero-order valence-electron chi connectivity index (χ0n) is 10.5. The van der Waals surface area contributed by atoms with Crippen LogP contribution in [-0.4, -0.2) is 41.3 Å². The molecule has 0 radical (unpaired) electrons. The van der Waals surface area contributed by atoms with Gasteiger partial charge in [-0.1, -0.05) is 0 Å². The minimum atomic E-state index is 0.486. The van der Waals surface area contributed by atoms with Gasteiger partial charge in [0.25, 0.3) is 0 Å². The van der Waals surface area contributed by atoms with Gasteiger partial charge in [-0.3, -0.25) is 9.25 Å². The van der Waals surface area contributed by atoms with E-state index < -0.39 is 0 Å². The Labute approximate surface area is 109 Å². The standard InChI is InChI=1S/C11H12N8/c1-12-10-14-9(8-3-5-18(2)17-8)15-11(16-10)19-6-4-13-7-19/h3-7H,1-2H3,(H,12,14,15,16). The van der Waals surface area contributed by atoms with Crippen LogP contribution in [0.25, 0.3) is 17.5 Å². The van der Waals surface area contributed by atoms with Gasteiger partial charge in [0.2, 0.25) is 11.9 Å². The van der Waals surface area contributed by atoms with Crippen LogP contribution in [0.15, 0.2) is 31.0 Å². The molecule has 0 aliphatic heterocycles. The lowest BCUT2D eigenvalue weighted by Gasteiger charge is -2.05. The van der Waals surface area contributed by atoms with Crippen LogP contribution in [0.5, 0.6) is 0 Å². The van der Waals surface area contributed by atoms with Gasteiger partial charge in [-0.25, -0.2) is 4.98 Å². The normalized spacial score (nSPS) is 10.6. The Morgan fingerprint density at radius 1 is 1.16 bits per heavy atom. The lowest BCUT2D eigenvalue weighted by molar-refractivity contribution is 0.767. The van der Waals surface area contributed by atoms with Crippen molar-refractivity contribution in [2.75, 3.05) is 12.4 Å². The largest absolute Gasteiger partial charge is 0.357 e. The van der Waals surface area contributed by atoms with Crippen LogP contribution in [0.3, 0.4) is 0 Å². The summed E-state index contributed by atoms with van der Waals surface area (Å²) < 4.78 is 3.42. The maximum atomic E-state index is 4.39. The van der Waals surface area contributed by atoms with Gasteiger partial charge in [-0.15, -0.1) is 0 Å². The molecule has 3 aromatic rings. The van der Waals surface area contributed by atoms with Crippen LogP contribution in [0, 0.1) is 0 Å². The molecule has 1 N–H and O–H groups in total. The van der Waals surface area contributed by atoms with Gasteiger partial charge >= 0.3 is 0 Å². The zero-order valence-corrected chi connectivity index (χ0v) is 10.5. The van der Waals surface area contributed by atoms with Crippen molar-refractivity contribution >= 4 is 5.95 Å². The Morgan fingerprint density at radius 3 is 2.68 bits per heavy atom. The van der Waals surface area contributed by atoms with E-state index in [-0.39, 0.29) is 0 Å². The van der Waals surface area contributed by atoms with Crippen molar-refractivity contribution in [1.29, 1.82) is 0 Å². The number of imidazole rings is 1. The molecule has 0 aliphatic carbocycles. The number of hydrogen-bond acceptors (Lipinski definition) is 6. The number of aromatic nitrogens is 7. The van der Waals surface area contributed by atoms with Crippen LogP contribution < -0.4 is 5.32 Å². The van der Waals surface area contributed by atoms with Crippen molar-refractivity contribution in [3.8, 4) is 17.5 Å². The molecule has 0 unspecified atom stereocenters. The van der Waals surface area contributed by atoms with Crippen LogP contribution in [-0.2, 0) is 7.05 Å². The second-order valence-corrected chi connectivity index (χ2v) is 3.88. The van der Waals surface area contributed by atoms with E-state index in [2.05, 4.69) is 30.4 Å². The third-order valence-electron chi connectivity index (χ3n) is 2.53. The Kier molecular flexibility index (Phi) is 2.67. The molecule has 8 nitrogen and oxygen atoms in total. The summed E-state index contributed by atoms with van der Waals surface area (Å²) >= 11 is 0. The van der Waals surface area contributed by atoms with Gasteiger partial charge in [0, 0.05) is 32.7 Å². The van der Waals surface area contributed by atoms with Gasteiger partial charge in [0.05, 0.1) is 0 Å². The number of nitrogens with zero attached hydrogens (tertiary/aromatic N) is 7. The van der Waals surface area contributed by atoms with Crippen molar-refractivity contribution < 1.29 is 0 Å². The Balaban J connectivity index is 2.12. The average Bonchev–Trinajstić information content (AvgIpc) is 3.09. The van der Waals surface area contributed by atoms with E-state index in [0.29, 0.717) is 23.4 Å². The molecule has 0 aliphatic rings. The Bertz CT molecular complexity index is 685. The molecule has 0 bridgehead atoms. The van der Waals surface area contributed by atoms with Gasteiger partial charge in [0.1, 0.15) is 12.0 Å². The number of rotatable bonds is 3. The van der Waals surface area contributed by atoms with Crippen molar-refractivity contribution in [1.82, 2.24) is 34.3 Å². The van der Waals surface area contributed by atoms with Crippen molar-refractivity contribution in [3.05, 3.63) is 31.0 Å². The molecule has 0 amide bonds. The molecule has 19 heavy (non-hydrogen) atoms. The highest BCUT2D eigenvalue weighted by molar-refractivity contribution is 5.51. The first-order valence-corrected chi connectivity index (χ1v) is 5.68. The zero-order chi connectivity index (χ0) is 13.2. The topological polar surface area (TPSA) is 86.3 Å². The van der Waals surface area contributed by atoms with E-state index in [4.69, 9.17) is 0 Å². The van der Waals surface area contributed by atoms with Gasteiger partial charge in [-0.05, 0) is 6.07 Å². The lowest BCUT2D eigenvalue weighted by Crippen LogP contribution is -2.07. The first-order chi connectivity index (χ1) is 9.26. The smallest absolute Gasteiger partial charge is 0.240 e. The fraction of sp³-hybridized carbons (Fsp3) is 0.182. The summed E-state index contributed by atoms with van der Waals surface area (Å²) in [5, 5.41) is 7.21. The summed E-state index contributed by atoms with van der Waals surface area (Å²) in [4.78, 5) is 17.0. The molecule has 0 fully saturated rings. The fourth-order valence-electron chi connectivity index (χ4n) is 1.62. The summed E-state index contributed by atoms with van der Waals surface area (Å²) in [6.45, 7) is 0. The molecule has 0 saturated carbocycles. The van der Waals surface area contributed by atoms with E-state index in [9.17, 15) is 0 Å². The Morgan fingerprint density at radius 2 is 2.05 bits per heavy atom. The fourth-order valence-corrected chi connectivity index (χ4v) is 1.62. The molecule has 0 saturated heterocycles. The highest BCUT2D eigenvalue weighted by Gasteiger charge is 2.10. The Hall–Kier alpha value is -2.77. The molecule has 0 atom stereocenters. The molecule has 0 spiro atoms. The SMILES string of the molecule is CNc1nc(-c2ccn(C)n2)nc(-n2ccnc2)n1. The van der Waals surface area contributed by atoms with E-state index in [1.54, 1.807) is 35.0 Å². The average molecular weight is 256 g/mol. The van der Waals surface area contributed by atoms with Crippen molar-refractivity contribution in [2.24, 2.45) is 7.05 Å². The molecule has 3 rings (SSSR count). The number of hydrogen-bond donors (Lipinski definition) is 1. The van der Waals surface area contributed by atoms with Crippen molar-refractivity contribution in [2.45, 2.75) is 0 Å². The molecule has 3 aromatic heterocycles. The lowest BCUT2D eigenvalue weighted by atomic mass is 10.4. The minimum Gasteiger partial charge on any atom is -0.357 e. The molecule has 3 heterocycles. The summed E-state index contributed by atoms with van der Waals surface area (Å²) in [5.74, 6) is 1.50. The summed E-state index contributed by atoms with van der Waals surface area (Å²) in [6, 6.07) is 1.85. The van der Waals surface area contributed by atoms with Gasteiger partial charge < -0.3 is 5.32 Å². The third kappa shape index (κ3) is 2.15. The number of nitrogens with one attached hydrogen (secondary N) is 1. The summed E-state index contributed by atoms with van der Waals surface area (Å²) in [5.41, 5.74) is 0.697. The predicted molar refractivity (Wildman–Crippen MR) is 68.7 cm³/mol. The van der Waals surface area contributed by atoms with E-state index in [0.717, 1.165) is 0 Å². The highest BCUT2D eigenvalue weighted by Crippen LogP contribution is 2.14. The highest BCUT2D eigenvalue weighted by atomic mass is 15.3. The van der Waals surface area contributed by atoms with Gasteiger partial charge in [-0.2, -0.15) is 20.1 Å². The first kappa shape index (κ1) is 11.3. The monoisotopic (exact) mass is 256 g/mol. The minimum absolute atomic E-state index is 0.486. The van der Waals surface area contributed by atoms with Crippen LogP contribution in [0.2, 0.25) is 0 Å². The van der Waals surface area contributed by atoms with Crippen LogP contribution >= 0.6 is 0 Å². The predicted octanol–water partition coefficient (Wildman–Crippen LogP) is 0.499. The molecular formula is C11H12N8. The number of anilines is 1. The van der Waals surface area contributed by atoms with Crippen LogP contribution in [0.4, 0.5) is 5.95 Å². The molecule has 96 valence electrons. The summed E-state index contributed by atoms with van der Waals surface area (Å²) in [6.07, 6.45) is 6.92. The van der Waals surface area contributed by atoms with E-state index in [1.165, 1.54) is 0 Å². The first-order valence-electron chi connectivity index (χ1n) is 5.68. The second kappa shape index (κ2) is 4.48. The van der Waals surface area contributed by atoms with E-state index in [1.807, 2.05) is 19.3 Å². The van der Waals surface area contributed by atoms with E-state index >= 15 is 0 Å².